The molecule has 1 fully saturated rings. The summed E-state index contributed by atoms with van der Waals surface area (Å²) in [5.41, 5.74) is 0. The van der Waals surface area contributed by atoms with E-state index >= 15 is 0 Å². The van der Waals surface area contributed by atoms with Gasteiger partial charge in [-0.25, -0.2) is 0 Å². The average Bonchev–Trinajstić information content (AvgIpc) is 2.32. The van der Waals surface area contributed by atoms with E-state index in [1.54, 1.807) is 0 Å². The molecule has 0 amide bonds. The summed E-state index contributed by atoms with van der Waals surface area (Å²) in [6.07, 6.45) is 2.08. The predicted octanol–water partition coefficient (Wildman–Crippen LogP) is 0.297. The van der Waals surface area contributed by atoms with Gasteiger partial charge in [0.2, 0.25) is 0 Å². The van der Waals surface area contributed by atoms with Crippen molar-refractivity contribution < 1.29 is 14.9 Å². The van der Waals surface area contributed by atoms with Gasteiger partial charge in [0.1, 0.15) is 6.10 Å². The lowest BCUT2D eigenvalue weighted by atomic mass is 10.1. The first kappa shape index (κ1) is 8.97. The van der Waals surface area contributed by atoms with Crippen LogP contribution >= 0.6 is 0 Å². The van der Waals surface area contributed by atoms with Crippen LogP contribution in [-0.2, 0) is 4.74 Å². The Morgan fingerprint density at radius 3 is 2.73 bits per heavy atom. The molecule has 2 N–H and O–H groups in total. The van der Waals surface area contributed by atoms with Gasteiger partial charge in [-0.3, -0.25) is 0 Å². The normalized spacial score (nSPS) is 37.9. The third-order valence-corrected chi connectivity index (χ3v) is 2.09. The molecular weight excluding hydrogens is 144 g/mol. The first-order valence-corrected chi connectivity index (χ1v) is 4.22. The number of hydrogen-bond donors (Lipinski definition) is 2. The third kappa shape index (κ3) is 2.15. The van der Waals surface area contributed by atoms with Crippen molar-refractivity contribution in [2.75, 3.05) is 6.61 Å². The fourth-order valence-corrected chi connectivity index (χ4v) is 1.49. The van der Waals surface area contributed by atoms with Gasteiger partial charge in [-0.15, -0.1) is 0 Å². The van der Waals surface area contributed by atoms with Crippen LogP contribution in [0.4, 0.5) is 0 Å². The lowest BCUT2D eigenvalue weighted by Crippen LogP contribution is -2.24. The highest BCUT2D eigenvalue weighted by Crippen LogP contribution is 2.22. The van der Waals surface area contributed by atoms with Gasteiger partial charge in [-0.2, -0.15) is 0 Å². The van der Waals surface area contributed by atoms with Gasteiger partial charge in [0.15, 0.2) is 0 Å². The summed E-state index contributed by atoms with van der Waals surface area (Å²) < 4.78 is 5.36. The van der Waals surface area contributed by atoms with E-state index in [1.807, 2.05) is 0 Å². The second-order valence-electron chi connectivity index (χ2n) is 3.07. The van der Waals surface area contributed by atoms with Crippen LogP contribution in [0.1, 0.15) is 26.2 Å². The molecular formula is C8H16O3. The van der Waals surface area contributed by atoms with Crippen LogP contribution in [0.15, 0.2) is 0 Å². The summed E-state index contributed by atoms with van der Waals surface area (Å²) in [5, 5.41) is 18.0. The van der Waals surface area contributed by atoms with Gasteiger partial charge in [0, 0.05) is 6.42 Å². The first-order valence-electron chi connectivity index (χ1n) is 4.22. The maximum Gasteiger partial charge on any atom is 0.107 e. The van der Waals surface area contributed by atoms with Gasteiger partial charge in [-0.1, -0.05) is 13.3 Å². The molecule has 0 saturated carbocycles. The van der Waals surface area contributed by atoms with Crippen molar-refractivity contribution in [2.24, 2.45) is 0 Å². The molecule has 1 saturated heterocycles. The molecule has 66 valence electrons. The van der Waals surface area contributed by atoms with Crippen LogP contribution in [0, 0.1) is 0 Å². The molecule has 3 atom stereocenters. The molecule has 1 rings (SSSR count). The Labute approximate surface area is 67.0 Å². The molecule has 1 heterocycles. The third-order valence-electron chi connectivity index (χ3n) is 2.09. The van der Waals surface area contributed by atoms with Gasteiger partial charge < -0.3 is 14.9 Å². The monoisotopic (exact) mass is 160 g/mol. The first-order chi connectivity index (χ1) is 5.27. The van der Waals surface area contributed by atoms with Crippen LogP contribution in [0.5, 0.6) is 0 Å². The number of hydrogen-bond acceptors (Lipinski definition) is 3. The molecule has 11 heavy (non-hydrogen) atoms. The summed E-state index contributed by atoms with van der Waals surface area (Å²) in [7, 11) is 0. The Morgan fingerprint density at radius 2 is 2.27 bits per heavy atom. The van der Waals surface area contributed by atoms with Crippen molar-refractivity contribution in [1.29, 1.82) is 0 Å². The number of aliphatic hydroxyl groups excluding tert-OH is 2. The van der Waals surface area contributed by atoms with E-state index in [-0.39, 0.29) is 18.8 Å². The van der Waals surface area contributed by atoms with Crippen LogP contribution in [-0.4, -0.2) is 35.1 Å². The van der Waals surface area contributed by atoms with Crippen molar-refractivity contribution in [3.63, 3.8) is 0 Å². The van der Waals surface area contributed by atoms with Gasteiger partial charge in [0.05, 0.1) is 18.8 Å². The molecule has 0 radical (unpaired) electrons. The van der Waals surface area contributed by atoms with E-state index in [4.69, 9.17) is 9.84 Å². The SMILES string of the molecule is CCC[C@H]1C[C@H](O)[C@@H](CO)O1. The summed E-state index contributed by atoms with van der Waals surface area (Å²) in [4.78, 5) is 0. The summed E-state index contributed by atoms with van der Waals surface area (Å²) in [6.45, 7) is 2.02. The van der Waals surface area contributed by atoms with Gasteiger partial charge >= 0.3 is 0 Å². The lowest BCUT2D eigenvalue weighted by Gasteiger charge is -2.10. The molecule has 1 aliphatic rings. The Kier molecular flexibility index (Phi) is 3.30. The van der Waals surface area contributed by atoms with Crippen molar-refractivity contribution in [3.05, 3.63) is 0 Å². The summed E-state index contributed by atoms with van der Waals surface area (Å²) in [6, 6.07) is 0. The fraction of sp³-hybridized carbons (Fsp3) is 1.00. The van der Waals surface area contributed by atoms with Crippen molar-refractivity contribution in [3.8, 4) is 0 Å². The quantitative estimate of drug-likeness (QED) is 0.624. The van der Waals surface area contributed by atoms with Gasteiger partial charge in [-0.05, 0) is 6.42 Å². The van der Waals surface area contributed by atoms with Crippen molar-refractivity contribution in [1.82, 2.24) is 0 Å². The zero-order chi connectivity index (χ0) is 8.27. The highest BCUT2D eigenvalue weighted by Gasteiger charge is 2.32. The van der Waals surface area contributed by atoms with Crippen molar-refractivity contribution in [2.45, 2.75) is 44.5 Å². The molecule has 0 aliphatic carbocycles. The highest BCUT2D eigenvalue weighted by molar-refractivity contribution is 4.80. The fourth-order valence-electron chi connectivity index (χ4n) is 1.49. The summed E-state index contributed by atoms with van der Waals surface area (Å²) >= 11 is 0. The minimum atomic E-state index is -0.462. The summed E-state index contributed by atoms with van der Waals surface area (Å²) in [5.74, 6) is 0. The van der Waals surface area contributed by atoms with Crippen LogP contribution < -0.4 is 0 Å². The Hall–Kier alpha value is -0.120. The van der Waals surface area contributed by atoms with Crippen LogP contribution in [0.2, 0.25) is 0 Å². The topological polar surface area (TPSA) is 49.7 Å². The van der Waals surface area contributed by atoms with E-state index in [0.29, 0.717) is 6.42 Å². The standard InChI is InChI=1S/C8H16O3/c1-2-3-6-4-7(10)8(5-9)11-6/h6-10H,2-5H2,1H3/t6-,7-,8+/m0/s1. The molecule has 0 unspecified atom stereocenters. The van der Waals surface area contributed by atoms with E-state index < -0.39 is 6.10 Å². The van der Waals surface area contributed by atoms with Gasteiger partial charge in [0.25, 0.3) is 0 Å². The van der Waals surface area contributed by atoms with E-state index in [1.165, 1.54) is 0 Å². The minimum absolute atomic E-state index is 0.0681. The molecule has 0 bridgehead atoms. The maximum absolute atomic E-state index is 9.30. The number of aliphatic hydroxyl groups is 2. The second kappa shape index (κ2) is 4.04. The van der Waals surface area contributed by atoms with Crippen molar-refractivity contribution >= 4 is 0 Å². The minimum Gasteiger partial charge on any atom is -0.394 e. The number of ether oxygens (including phenoxy) is 1. The Bertz CT molecular complexity index is 116. The smallest absolute Gasteiger partial charge is 0.107 e. The second-order valence-corrected chi connectivity index (χ2v) is 3.07. The Balaban J connectivity index is 2.30. The van der Waals surface area contributed by atoms with E-state index in [0.717, 1.165) is 12.8 Å². The molecule has 3 nitrogen and oxygen atoms in total. The predicted molar refractivity (Wildman–Crippen MR) is 41.3 cm³/mol. The maximum atomic E-state index is 9.30. The van der Waals surface area contributed by atoms with Crippen LogP contribution in [0.25, 0.3) is 0 Å². The average molecular weight is 160 g/mol. The molecule has 0 aromatic rings. The molecule has 0 aromatic heterocycles. The zero-order valence-corrected chi connectivity index (χ0v) is 6.86. The number of rotatable bonds is 3. The molecule has 1 aliphatic heterocycles. The molecule has 3 heteroatoms. The van der Waals surface area contributed by atoms with E-state index in [2.05, 4.69) is 6.92 Å². The Morgan fingerprint density at radius 1 is 1.55 bits per heavy atom. The lowest BCUT2D eigenvalue weighted by molar-refractivity contribution is -0.0237. The van der Waals surface area contributed by atoms with E-state index in [9.17, 15) is 5.11 Å². The largest absolute Gasteiger partial charge is 0.394 e. The highest BCUT2D eigenvalue weighted by atomic mass is 16.5. The van der Waals surface area contributed by atoms with Crippen LogP contribution in [0.3, 0.4) is 0 Å². The molecule has 0 spiro atoms. The zero-order valence-electron chi connectivity index (χ0n) is 6.86. The molecule has 0 aromatic carbocycles.